The molecule has 0 radical (unpaired) electrons. The minimum atomic E-state index is -0.328. The lowest BCUT2D eigenvalue weighted by molar-refractivity contribution is -0.120. The molecule has 0 aliphatic carbocycles. The van der Waals surface area contributed by atoms with Crippen LogP contribution in [-0.4, -0.2) is 37.4 Å². The van der Waals surface area contributed by atoms with Gasteiger partial charge in [0.05, 0.1) is 6.54 Å². The fourth-order valence-corrected chi connectivity index (χ4v) is 2.47. The van der Waals surface area contributed by atoms with E-state index < -0.39 is 0 Å². The second-order valence-corrected chi connectivity index (χ2v) is 6.46. The molecule has 0 bridgehead atoms. The molecule has 132 valence electrons. The van der Waals surface area contributed by atoms with Crippen LogP contribution in [-0.2, 0) is 17.9 Å². The van der Waals surface area contributed by atoms with Crippen LogP contribution in [0.15, 0.2) is 48.5 Å². The fraction of sp³-hybridized carbons (Fsp3) is 0.263. The highest BCUT2D eigenvalue weighted by molar-refractivity contribution is 6.30. The normalized spacial score (nSPS) is 10.6. The van der Waals surface area contributed by atoms with Gasteiger partial charge >= 0.3 is 0 Å². The monoisotopic (exact) mass is 359 g/mol. The lowest BCUT2D eigenvalue weighted by atomic mass is 10.1. The van der Waals surface area contributed by atoms with E-state index in [4.69, 9.17) is 11.6 Å². The first-order chi connectivity index (χ1) is 11.9. The Labute approximate surface area is 153 Å². The van der Waals surface area contributed by atoms with E-state index in [9.17, 15) is 9.59 Å². The summed E-state index contributed by atoms with van der Waals surface area (Å²) in [5.41, 5.74) is 2.66. The van der Waals surface area contributed by atoms with Crippen molar-refractivity contribution in [2.45, 2.75) is 13.1 Å². The zero-order chi connectivity index (χ0) is 18.2. The summed E-state index contributed by atoms with van der Waals surface area (Å²) in [5, 5.41) is 5.85. The molecule has 0 aliphatic heterocycles. The lowest BCUT2D eigenvalue weighted by Gasteiger charge is -2.11. The van der Waals surface area contributed by atoms with Crippen LogP contribution in [0.1, 0.15) is 21.5 Å². The Kier molecular flexibility index (Phi) is 6.98. The van der Waals surface area contributed by atoms with Crippen LogP contribution in [0.4, 0.5) is 0 Å². The minimum absolute atomic E-state index is 0.0793. The largest absolute Gasteiger partial charge is 0.350 e. The molecule has 0 heterocycles. The van der Waals surface area contributed by atoms with E-state index >= 15 is 0 Å². The standard InChI is InChI=1S/C19H22ClN3O2/c1-23(2)13-15-8-6-14(7-9-15)11-21-18(24)12-22-19(25)16-4-3-5-17(20)10-16/h3-10H,11-13H2,1-2H3,(H,21,24)(H,22,25). The van der Waals surface area contributed by atoms with E-state index in [0.29, 0.717) is 17.1 Å². The van der Waals surface area contributed by atoms with Crippen LogP contribution in [0, 0.1) is 0 Å². The van der Waals surface area contributed by atoms with Crippen molar-refractivity contribution in [3.05, 3.63) is 70.2 Å². The van der Waals surface area contributed by atoms with Gasteiger partial charge in [0.25, 0.3) is 5.91 Å². The molecule has 0 saturated heterocycles. The topological polar surface area (TPSA) is 61.4 Å². The highest BCUT2D eigenvalue weighted by Gasteiger charge is 2.08. The Morgan fingerprint density at radius 1 is 1.00 bits per heavy atom. The Balaban J connectivity index is 1.76. The van der Waals surface area contributed by atoms with E-state index in [1.54, 1.807) is 24.3 Å². The van der Waals surface area contributed by atoms with Crippen molar-refractivity contribution in [3.8, 4) is 0 Å². The van der Waals surface area contributed by atoms with Gasteiger partial charge in [0.15, 0.2) is 0 Å². The van der Waals surface area contributed by atoms with Gasteiger partial charge in [-0.25, -0.2) is 0 Å². The van der Waals surface area contributed by atoms with Crippen LogP contribution >= 0.6 is 11.6 Å². The van der Waals surface area contributed by atoms with Gasteiger partial charge in [-0.2, -0.15) is 0 Å². The third-order valence-electron chi connectivity index (χ3n) is 3.51. The third-order valence-corrected chi connectivity index (χ3v) is 3.74. The smallest absolute Gasteiger partial charge is 0.251 e. The number of hydrogen-bond acceptors (Lipinski definition) is 3. The number of halogens is 1. The van der Waals surface area contributed by atoms with E-state index in [2.05, 4.69) is 15.5 Å². The minimum Gasteiger partial charge on any atom is -0.350 e. The first-order valence-electron chi connectivity index (χ1n) is 7.97. The summed E-state index contributed by atoms with van der Waals surface area (Å²) < 4.78 is 0. The first kappa shape index (κ1) is 19.0. The number of amides is 2. The van der Waals surface area contributed by atoms with E-state index in [-0.39, 0.29) is 18.4 Å². The molecule has 0 atom stereocenters. The molecule has 2 aromatic carbocycles. The van der Waals surface area contributed by atoms with Crippen molar-refractivity contribution in [3.63, 3.8) is 0 Å². The Bertz CT molecular complexity index is 730. The third kappa shape index (κ3) is 6.57. The van der Waals surface area contributed by atoms with E-state index in [0.717, 1.165) is 12.1 Å². The summed E-state index contributed by atoms with van der Waals surface area (Å²) in [4.78, 5) is 25.9. The molecule has 0 aromatic heterocycles. The lowest BCUT2D eigenvalue weighted by Crippen LogP contribution is -2.36. The summed E-state index contributed by atoms with van der Waals surface area (Å²) >= 11 is 5.85. The average molecular weight is 360 g/mol. The van der Waals surface area contributed by atoms with Gasteiger partial charge in [-0.15, -0.1) is 0 Å². The van der Waals surface area contributed by atoms with Gasteiger partial charge in [-0.3, -0.25) is 9.59 Å². The van der Waals surface area contributed by atoms with Crippen molar-refractivity contribution < 1.29 is 9.59 Å². The fourth-order valence-electron chi connectivity index (χ4n) is 2.28. The van der Waals surface area contributed by atoms with Crippen LogP contribution in [0.3, 0.4) is 0 Å². The Hall–Kier alpha value is -2.37. The van der Waals surface area contributed by atoms with Crippen LogP contribution in [0.5, 0.6) is 0 Å². The Morgan fingerprint density at radius 3 is 2.32 bits per heavy atom. The second kappa shape index (κ2) is 9.20. The maximum atomic E-state index is 11.9. The zero-order valence-electron chi connectivity index (χ0n) is 14.4. The van der Waals surface area contributed by atoms with Crippen LogP contribution in [0.25, 0.3) is 0 Å². The molecule has 0 spiro atoms. The predicted molar refractivity (Wildman–Crippen MR) is 99.5 cm³/mol. The molecule has 0 unspecified atom stereocenters. The van der Waals surface area contributed by atoms with Gasteiger partial charge < -0.3 is 15.5 Å². The molecule has 2 N–H and O–H groups in total. The molecule has 0 aliphatic rings. The molecule has 0 saturated carbocycles. The average Bonchev–Trinajstić information content (AvgIpc) is 2.58. The van der Waals surface area contributed by atoms with Crippen molar-refractivity contribution in [2.24, 2.45) is 0 Å². The second-order valence-electron chi connectivity index (χ2n) is 6.02. The van der Waals surface area contributed by atoms with Crippen LogP contribution in [0.2, 0.25) is 5.02 Å². The van der Waals surface area contributed by atoms with E-state index in [1.165, 1.54) is 5.56 Å². The van der Waals surface area contributed by atoms with Gasteiger partial charge in [-0.1, -0.05) is 41.9 Å². The maximum Gasteiger partial charge on any atom is 0.251 e. The number of benzene rings is 2. The maximum absolute atomic E-state index is 11.9. The molecular weight excluding hydrogens is 338 g/mol. The summed E-state index contributed by atoms with van der Waals surface area (Å²) in [6.07, 6.45) is 0. The molecule has 2 aromatic rings. The molecule has 2 amide bonds. The molecule has 0 fully saturated rings. The van der Waals surface area contributed by atoms with E-state index in [1.807, 2.05) is 38.4 Å². The number of rotatable bonds is 7. The number of carbonyl (C=O) groups is 2. The number of hydrogen-bond donors (Lipinski definition) is 2. The van der Waals surface area contributed by atoms with Crippen LogP contribution < -0.4 is 10.6 Å². The number of nitrogens with one attached hydrogen (secondary N) is 2. The number of nitrogens with zero attached hydrogens (tertiary/aromatic N) is 1. The van der Waals surface area contributed by atoms with Gasteiger partial charge in [0, 0.05) is 23.7 Å². The van der Waals surface area contributed by atoms with Gasteiger partial charge in [-0.05, 0) is 43.4 Å². The van der Waals surface area contributed by atoms with Crippen molar-refractivity contribution >= 4 is 23.4 Å². The van der Waals surface area contributed by atoms with Crippen molar-refractivity contribution in [1.82, 2.24) is 15.5 Å². The molecule has 5 nitrogen and oxygen atoms in total. The molecule has 2 rings (SSSR count). The summed E-state index contributed by atoms with van der Waals surface area (Å²) in [7, 11) is 4.04. The Morgan fingerprint density at radius 2 is 1.68 bits per heavy atom. The molecule has 6 heteroatoms. The van der Waals surface area contributed by atoms with Crippen molar-refractivity contribution in [1.29, 1.82) is 0 Å². The predicted octanol–water partition coefficient (Wildman–Crippen LogP) is 2.45. The zero-order valence-corrected chi connectivity index (χ0v) is 15.1. The first-order valence-corrected chi connectivity index (χ1v) is 8.35. The van der Waals surface area contributed by atoms with Crippen molar-refractivity contribution in [2.75, 3.05) is 20.6 Å². The summed E-state index contributed by atoms with van der Waals surface area (Å²) in [6, 6.07) is 14.7. The highest BCUT2D eigenvalue weighted by Crippen LogP contribution is 2.10. The number of carbonyl (C=O) groups excluding carboxylic acids is 2. The van der Waals surface area contributed by atoms with Gasteiger partial charge in [0.1, 0.15) is 0 Å². The molecular formula is C19H22ClN3O2. The summed E-state index contributed by atoms with van der Waals surface area (Å²) in [6.45, 7) is 1.22. The summed E-state index contributed by atoms with van der Waals surface area (Å²) in [5.74, 6) is -0.571. The molecule has 25 heavy (non-hydrogen) atoms. The quantitative estimate of drug-likeness (QED) is 0.798. The van der Waals surface area contributed by atoms with Gasteiger partial charge in [0.2, 0.25) is 5.91 Å². The highest BCUT2D eigenvalue weighted by atomic mass is 35.5. The SMILES string of the molecule is CN(C)Cc1ccc(CNC(=O)CNC(=O)c2cccc(Cl)c2)cc1.